The lowest BCUT2D eigenvalue weighted by atomic mass is 9.85. The van der Waals surface area contributed by atoms with Gasteiger partial charge >= 0.3 is 0 Å². The summed E-state index contributed by atoms with van der Waals surface area (Å²) in [5.74, 6) is 0. The molecule has 0 amide bonds. The van der Waals surface area contributed by atoms with Crippen molar-refractivity contribution in [1.82, 2.24) is 0 Å². The van der Waals surface area contributed by atoms with E-state index >= 15 is 0 Å². The fourth-order valence-corrected chi connectivity index (χ4v) is 9.86. The van der Waals surface area contributed by atoms with E-state index in [-0.39, 0.29) is 0 Å². The Bertz CT molecular complexity index is 3320. The summed E-state index contributed by atoms with van der Waals surface area (Å²) in [6.45, 7) is 0. The van der Waals surface area contributed by atoms with Gasteiger partial charge in [-0.05, 0) is 138 Å². The smallest absolute Gasteiger partial charge is 0.150 e. The van der Waals surface area contributed by atoms with Gasteiger partial charge in [0.05, 0.1) is 0 Å². The van der Waals surface area contributed by atoms with Crippen LogP contribution >= 0.6 is 0 Å². The van der Waals surface area contributed by atoms with Gasteiger partial charge in [-0.3, -0.25) is 4.79 Å². The van der Waals surface area contributed by atoms with Crippen LogP contribution in [0.2, 0.25) is 0 Å². The quantitative estimate of drug-likeness (QED) is 0.0800. The average Bonchev–Trinajstić information content (AvgIpc) is 3.48. The van der Waals surface area contributed by atoms with Gasteiger partial charge in [0.1, 0.15) is 6.29 Å². The number of aldehydes is 1. The summed E-state index contributed by atoms with van der Waals surface area (Å²) in [6, 6.07) is 107. The maximum atomic E-state index is 11.7. The Labute approximate surface area is 428 Å². The third kappa shape index (κ3) is 10.1. The van der Waals surface area contributed by atoms with Crippen LogP contribution in [0.4, 0.5) is 17.1 Å². The zero-order valence-corrected chi connectivity index (χ0v) is 40.3. The lowest BCUT2D eigenvalue weighted by Gasteiger charge is -2.26. The molecule has 11 rings (SSSR count). The van der Waals surface area contributed by atoms with Crippen molar-refractivity contribution in [2.24, 2.45) is 0 Å². The van der Waals surface area contributed by atoms with Crippen LogP contribution in [0.25, 0.3) is 44.5 Å². The van der Waals surface area contributed by atoms with Crippen LogP contribution in [-0.4, -0.2) is 6.29 Å². The highest BCUT2D eigenvalue weighted by Crippen LogP contribution is 2.41. The van der Waals surface area contributed by atoms with Crippen molar-refractivity contribution in [2.45, 2.75) is 0 Å². The maximum Gasteiger partial charge on any atom is 0.150 e. The summed E-state index contributed by atoms with van der Waals surface area (Å²) < 4.78 is 0. The van der Waals surface area contributed by atoms with E-state index in [0.717, 1.165) is 67.9 Å². The number of carbonyl (C=O) groups excluding carboxylic acids is 1. The molecule has 0 heterocycles. The van der Waals surface area contributed by atoms with Crippen molar-refractivity contribution >= 4 is 45.6 Å². The minimum absolute atomic E-state index is 0.635. The molecule has 0 bridgehead atoms. The Hall–Kier alpha value is -9.63. The van der Waals surface area contributed by atoms with Gasteiger partial charge in [-0.25, -0.2) is 0 Å². The summed E-state index contributed by atoms with van der Waals surface area (Å²) in [5.41, 5.74) is 22.2. The van der Waals surface area contributed by atoms with Gasteiger partial charge < -0.3 is 4.90 Å². The normalized spacial score (nSPS) is 10.8. The Morgan fingerprint density at radius 1 is 0.219 bits per heavy atom. The van der Waals surface area contributed by atoms with Crippen molar-refractivity contribution in [2.75, 3.05) is 4.90 Å². The van der Waals surface area contributed by atoms with Crippen LogP contribution in [-0.2, 0) is 0 Å². The van der Waals surface area contributed by atoms with Crippen LogP contribution in [0.1, 0.15) is 54.9 Å². The van der Waals surface area contributed by atoms with Gasteiger partial charge in [-0.1, -0.05) is 255 Å². The first-order valence-corrected chi connectivity index (χ1v) is 24.8. The Kier molecular flexibility index (Phi) is 13.5. The predicted octanol–water partition coefficient (Wildman–Crippen LogP) is 18.3. The molecule has 346 valence electrons. The maximum absolute atomic E-state index is 11.7. The molecule has 0 radical (unpaired) electrons. The number of anilines is 3. The van der Waals surface area contributed by atoms with Gasteiger partial charge in [0.2, 0.25) is 0 Å². The number of rotatable bonds is 14. The van der Waals surface area contributed by atoms with Gasteiger partial charge in [-0.2, -0.15) is 0 Å². The molecule has 0 aliphatic heterocycles. The fourth-order valence-electron chi connectivity index (χ4n) is 9.86. The zero-order valence-electron chi connectivity index (χ0n) is 40.3. The molecule has 11 aromatic rings. The lowest BCUT2D eigenvalue weighted by molar-refractivity contribution is 0.112. The highest BCUT2D eigenvalue weighted by Gasteiger charge is 2.19. The SMILES string of the molecule is O=Cc1ccc(N(c2ccc(-c3ccc(C(=C(c4ccccc4)c4ccccc4)c4ccccc4)cc3)cc2)c2ccc(-c3ccc(C(=C(c4ccccc4)c4ccccc4)c4ccccc4)cc3)cc2)cc1. The van der Waals surface area contributed by atoms with Crippen LogP contribution in [0.3, 0.4) is 0 Å². The molecule has 0 aromatic heterocycles. The molecular weight excluding hydrogens is 883 g/mol. The van der Waals surface area contributed by atoms with E-state index in [1.165, 1.54) is 44.5 Å². The summed E-state index contributed by atoms with van der Waals surface area (Å²) >= 11 is 0. The molecule has 0 atom stereocenters. The third-order valence-corrected chi connectivity index (χ3v) is 13.4. The van der Waals surface area contributed by atoms with Gasteiger partial charge in [0, 0.05) is 22.6 Å². The summed E-state index contributed by atoms with van der Waals surface area (Å²) in [7, 11) is 0. The molecule has 0 unspecified atom stereocenters. The number of nitrogens with zero attached hydrogens (tertiary/aromatic N) is 1. The molecule has 0 aliphatic rings. The van der Waals surface area contributed by atoms with Gasteiger partial charge in [0.15, 0.2) is 0 Å². The second kappa shape index (κ2) is 21.6. The van der Waals surface area contributed by atoms with Crippen molar-refractivity contribution in [3.63, 3.8) is 0 Å². The van der Waals surface area contributed by atoms with E-state index in [1.54, 1.807) is 0 Å². The first kappa shape index (κ1) is 45.8. The van der Waals surface area contributed by atoms with Crippen LogP contribution in [0.15, 0.2) is 303 Å². The van der Waals surface area contributed by atoms with E-state index in [2.05, 4.69) is 284 Å². The highest BCUT2D eigenvalue weighted by molar-refractivity contribution is 6.06. The molecule has 0 aliphatic carbocycles. The summed E-state index contributed by atoms with van der Waals surface area (Å²) in [4.78, 5) is 14.0. The number of benzene rings is 11. The Morgan fingerprint density at radius 2 is 0.411 bits per heavy atom. The first-order valence-electron chi connectivity index (χ1n) is 24.8. The fraction of sp³-hybridized carbons (Fsp3) is 0. The molecule has 0 saturated carbocycles. The van der Waals surface area contributed by atoms with Crippen LogP contribution in [0.5, 0.6) is 0 Å². The van der Waals surface area contributed by atoms with Crippen molar-refractivity contribution < 1.29 is 4.79 Å². The molecule has 0 saturated heterocycles. The predicted molar refractivity (Wildman–Crippen MR) is 306 cm³/mol. The van der Waals surface area contributed by atoms with E-state index in [4.69, 9.17) is 0 Å². The molecule has 73 heavy (non-hydrogen) atoms. The molecule has 11 aromatic carbocycles. The van der Waals surface area contributed by atoms with Crippen LogP contribution in [0, 0.1) is 0 Å². The Morgan fingerprint density at radius 3 is 0.630 bits per heavy atom. The van der Waals surface area contributed by atoms with Crippen molar-refractivity contribution in [3.8, 4) is 22.3 Å². The number of hydrogen-bond donors (Lipinski definition) is 0. The second-order valence-electron chi connectivity index (χ2n) is 18.0. The largest absolute Gasteiger partial charge is 0.311 e. The molecular formula is C71H51NO. The van der Waals surface area contributed by atoms with Crippen molar-refractivity contribution in [1.29, 1.82) is 0 Å². The molecule has 0 fully saturated rings. The average molecular weight is 934 g/mol. The van der Waals surface area contributed by atoms with E-state index in [9.17, 15) is 4.79 Å². The van der Waals surface area contributed by atoms with E-state index in [0.29, 0.717) is 5.56 Å². The Balaban J connectivity index is 0.914. The molecule has 2 nitrogen and oxygen atoms in total. The van der Waals surface area contributed by atoms with E-state index in [1.807, 2.05) is 24.3 Å². The number of hydrogen-bond acceptors (Lipinski definition) is 2. The van der Waals surface area contributed by atoms with Gasteiger partial charge in [0.25, 0.3) is 0 Å². The first-order chi connectivity index (χ1) is 36.2. The molecule has 2 heteroatoms. The highest BCUT2D eigenvalue weighted by atomic mass is 16.1. The third-order valence-electron chi connectivity index (χ3n) is 13.4. The van der Waals surface area contributed by atoms with Crippen molar-refractivity contribution in [3.05, 3.63) is 353 Å². The monoisotopic (exact) mass is 933 g/mol. The summed E-state index contributed by atoms with van der Waals surface area (Å²) in [6.07, 6.45) is 0.889. The summed E-state index contributed by atoms with van der Waals surface area (Å²) in [5, 5.41) is 0. The molecule has 0 N–H and O–H groups in total. The molecule has 0 spiro atoms. The minimum Gasteiger partial charge on any atom is -0.311 e. The van der Waals surface area contributed by atoms with Crippen LogP contribution < -0.4 is 4.90 Å². The van der Waals surface area contributed by atoms with E-state index < -0.39 is 0 Å². The second-order valence-corrected chi connectivity index (χ2v) is 18.0. The zero-order chi connectivity index (χ0) is 49.2. The topological polar surface area (TPSA) is 20.3 Å². The lowest BCUT2D eigenvalue weighted by Crippen LogP contribution is -2.10. The number of carbonyl (C=O) groups is 1. The minimum atomic E-state index is 0.635. The van der Waals surface area contributed by atoms with Gasteiger partial charge in [-0.15, -0.1) is 0 Å². The standard InChI is InChI=1S/C71H51NO/c73-51-52-31-45-65(46-32-52)72(66-47-41-55(42-48-66)53-33-37-63(38-34-53)70(61-27-15-5-16-28-61)68(57-19-7-1-8-20-57)58-21-9-2-10-22-58)67-49-43-56(44-50-67)54-35-39-64(40-36-54)71(62-29-17-6-18-30-62)69(59-23-11-3-12-24-59)60-25-13-4-14-26-60/h1-51H.